The van der Waals surface area contributed by atoms with Crippen LogP contribution in [0.4, 0.5) is 0 Å². The molecule has 0 aromatic carbocycles. The van der Waals surface area contributed by atoms with Gasteiger partial charge in [-0.05, 0) is 6.92 Å². The molecular formula is C8H10O4. The Labute approximate surface area is 69.4 Å². The van der Waals surface area contributed by atoms with E-state index in [1.54, 1.807) is 0 Å². The first kappa shape index (κ1) is 8.80. The van der Waals surface area contributed by atoms with Crippen molar-refractivity contribution in [2.24, 2.45) is 0 Å². The Balaban J connectivity index is 3.15. The number of methoxy groups -OCH3 is 1. The zero-order chi connectivity index (χ0) is 9.14. The summed E-state index contributed by atoms with van der Waals surface area (Å²) in [6.45, 7) is 1.51. The maximum absolute atomic E-state index is 10.8. The van der Waals surface area contributed by atoms with Crippen molar-refractivity contribution in [2.75, 3.05) is 7.11 Å². The Kier molecular flexibility index (Phi) is 2.50. The zero-order valence-electron chi connectivity index (χ0n) is 6.90. The minimum Gasteiger partial charge on any atom is -0.496 e. The first-order chi connectivity index (χ1) is 5.63. The van der Waals surface area contributed by atoms with E-state index in [4.69, 9.17) is 14.3 Å². The molecule has 1 aromatic heterocycles. The van der Waals surface area contributed by atoms with Gasteiger partial charge < -0.3 is 14.3 Å². The summed E-state index contributed by atoms with van der Waals surface area (Å²) in [4.78, 5) is 10.8. The molecule has 0 saturated heterocycles. The number of aliphatic hydroxyl groups is 1. The Bertz CT molecular complexity index is 313. The minimum absolute atomic E-state index is 0.208. The Morgan fingerprint density at radius 2 is 2.25 bits per heavy atom. The normalized spacial score (nSPS) is 12.6. The standard InChI is InChI=1S/C8H10O4/c1-5(9)7-3-6(11-2)4-8(10)12-7/h3-5,9H,1-2H3/t5-/m1/s1. The summed E-state index contributed by atoms with van der Waals surface area (Å²) >= 11 is 0. The van der Waals surface area contributed by atoms with Gasteiger partial charge in [0.1, 0.15) is 17.6 Å². The van der Waals surface area contributed by atoms with Crippen LogP contribution in [0.25, 0.3) is 0 Å². The molecule has 0 aliphatic heterocycles. The molecule has 66 valence electrons. The van der Waals surface area contributed by atoms with Crippen molar-refractivity contribution < 1.29 is 14.3 Å². The van der Waals surface area contributed by atoms with Gasteiger partial charge >= 0.3 is 5.63 Å². The smallest absolute Gasteiger partial charge is 0.339 e. The van der Waals surface area contributed by atoms with Gasteiger partial charge in [-0.25, -0.2) is 4.79 Å². The zero-order valence-corrected chi connectivity index (χ0v) is 6.90. The van der Waals surface area contributed by atoms with Gasteiger partial charge in [0.2, 0.25) is 0 Å². The fourth-order valence-corrected chi connectivity index (χ4v) is 0.797. The largest absolute Gasteiger partial charge is 0.496 e. The molecule has 0 saturated carbocycles. The molecule has 0 radical (unpaired) electrons. The molecule has 0 spiro atoms. The molecule has 4 heteroatoms. The van der Waals surface area contributed by atoms with E-state index in [-0.39, 0.29) is 5.76 Å². The third-order valence-electron chi connectivity index (χ3n) is 1.41. The summed E-state index contributed by atoms with van der Waals surface area (Å²) in [5.41, 5.74) is -0.523. The van der Waals surface area contributed by atoms with Gasteiger partial charge in [-0.1, -0.05) is 0 Å². The maximum atomic E-state index is 10.8. The average molecular weight is 170 g/mol. The lowest BCUT2D eigenvalue weighted by Crippen LogP contribution is -2.03. The van der Waals surface area contributed by atoms with Crippen LogP contribution in [0.3, 0.4) is 0 Å². The lowest BCUT2D eigenvalue weighted by atomic mass is 10.3. The average Bonchev–Trinajstić information content (AvgIpc) is 2.03. The highest BCUT2D eigenvalue weighted by molar-refractivity contribution is 5.21. The van der Waals surface area contributed by atoms with E-state index in [0.29, 0.717) is 5.75 Å². The van der Waals surface area contributed by atoms with Crippen molar-refractivity contribution in [2.45, 2.75) is 13.0 Å². The van der Waals surface area contributed by atoms with Crippen LogP contribution in [-0.2, 0) is 0 Å². The topological polar surface area (TPSA) is 59.7 Å². The molecule has 4 nitrogen and oxygen atoms in total. The molecule has 0 bridgehead atoms. The fourth-order valence-electron chi connectivity index (χ4n) is 0.797. The summed E-state index contributed by atoms with van der Waals surface area (Å²) < 4.78 is 9.51. The van der Waals surface area contributed by atoms with E-state index in [0.717, 1.165) is 0 Å². The fraction of sp³-hybridized carbons (Fsp3) is 0.375. The van der Waals surface area contributed by atoms with Gasteiger partial charge in [0, 0.05) is 6.07 Å². The van der Waals surface area contributed by atoms with Crippen molar-refractivity contribution in [3.63, 3.8) is 0 Å². The lowest BCUT2D eigenvalue weighted by Gasteiger charge is -2.03. The van der Waals surface area contributed by atoms with Crippen molar-refractivity contribution >= 4 is 0 Å². The molecule has 1 atom stereocenters. The van der Waals surface area contributed by atoms with E-state index in [1.807, 2.05) is 0 Å². The predicted octanol–water partition coefficient (Wildman–Crippen LogP) is 0.702. The molecule has 12 heavy (non-hydrogen) atoms. The number of aliphatic hydroxyl groups excluding tert-OH is 1. The van der Waals surface area contributed by atoms with Crippen LogP contribution in [0, 0.1) is 0 Å². The van der Waals surface area contributed by atoms with Crippen LogP contribution in [0.15, 0.2) is 21.3 Å². The van der Waals surface area contributed by atoms with Crippen LogP contribution < -0.4 is 10.4 Å². The van der Waals surface area contributed by atoms with E-state index in [1.165, 1.54) is 26.2 Å². The van der Waals surface area contributed by atoms with Crippen LogP contribution in [-0.4, -0.2) is 12.2 Å². The molecule has 0 unspecified atom stereocenters. The first-order valence-electron chi connectivity index (χ1n) is 3.50. The molecule has 1 aromatic rings. The summed E-state index contributed by atoms with van der Waals surface area (Å²) in [7, 11) is 1.45. The van der Waals surface area contributed by atoms with Gasteiger partial charge in [-0.15, -0.1) is 0 Å². The third kappa shape index (κ3) is 1.85. The van der Waals surface area contributed by atoms with Gasteiger partial charge in [0.15, 0.2) is 0 Å². The monoisotopic (exact) mass is 170 g/mol. The Hall–Kier alpha value is -1.29. The quantitative estimate of drug-likeness (QED) is 0.709. The molecular weight excluding hydrogens is 160 g/mol. The van der Waals surface area contributed by atoms with Crippen molar-refractivity contribution in [1.82, 2.24) is 0 Å². The summed E-state index contributed by atoms with van der Waals surface area (Å²) in [6, 6.07) is 2.69. The minimum atomic E-state index is -0.798. The van der Waals surface area contributed by atoms with Gasteiger partial charge in [0.25, 0.3) is 0 Å². The Morgan fingerprint density at radius 1 is 1.58 bits per heavy atom. The van der Waals surface area contributed by atoms with Crippen LogP contribution in [0.5, 0.6) is 5.75 Å². The van der Waals surface area contributed by atoms with Crippen LogP contribution >= 0.6 is 0 Å². The molecule has 0 fully saturated rings. The van der Waals surface area contributed by atoms with E-state index in [2.05, 4.69) is 0 Å². The highest BCUT2D eigenvalue weighted by Crippen LogP contribution is 2.15. The second-order valence-electron chi connectivity index (χ2n) is 2.39. The number of hydrogen-bond donors (Lipinski definition) is 1. The van der Waals surface area contributed by atoms with Gasteiger partial charge in [0.05, 0.1) is 13.2 Å². The van der Waals surface area contributed by atoms with Crippen molar-refractivity contribution in [3.05, 3.63) is 28.3 Å². The van der Waals surface area contributed by atoms with E-state index >= 15 is 0 Å². The maximum Gasteiger partial charge on any atom is 0.339 e. The second-order valence-corrected chi connectivity index (χ2v) is 2.39. The van der Waals surface area contributed by atoms with Crippen LogP contribution in [0.1, 0.15) is 18.8 Å². The highest BCUT2D eigenvalue weighted by atomic mass is 16.5. The molecule has 1 rings (SSSR count). The van der Waals surface area contributed by atoms with Gasteiger partial charge in [-0.2, -0.15) is 0 Å². The Morgan fingerprint density at radius 3 is 2.75 bits per heavy atom. The molecule has 1 N–H and O–H groups in total. The number of rotatable bonds is 2. The predicted molar refractivity (Wildman–Crippen MR) is 42.2 cm³/mol. The molecule has 0 amide bonds. The molecule has 0 aliphatic rings. The SMILES string of the molecule is COc1cc([C@@H](C)O)oc(=O)c1. The van der Waals surface area contributed by atoms with E-state index in [9.17, 15) is 4.79 Å². The van der Waals surface area contributed by atoms with Crippen LogP contribution in [0.2, 0.25) is 0 Å². The second kappa shape index (κ2) is 3.40. The summed E-state index contributed by atoms with van der Waals surface area (Å²) in [5.74, 6) is 0.599. The highest BCUT2D eigenvalue weighted by Gasteiger charge is 2.06. The summed E-state index contributed by atoms with van der Waals surface area (Å²) in [5, 5.41) is 9.08. The summed E-state index contributed by atoms with van der Waals surface area (Å²) in [6.07, 6.45) is -0.798. The third-order valence-corrected chi connectivity index (χ3v) is 1.41. The molecule has 1 heterocycles. The molecule has 0 aliphatic carbocycles. The van der Waals surface area contributed by atoms with Crippen molar-refractivity contribution in [3.8, 4) is 5.75 Å². The van der Waals surface area contributed by atoms with Crippen molar-refractivity contribution in [1.29, 1.82) is 0 Å². The number of hydrogen-bond acceptors (Lipinski definition) is 4. The lowest BCUT2D eigenvalue weighted by molar-refractivity contribution is 0.163. The van der Waals surface area contributed by atoms with E-state index < -0.39 is 11.7 Å². The van der Waals surface area contributed by atoms with Gasteiger partial charge in [-0.3, -0.25) is 0 Å². The number of ether oxygens (including phenoxy) is 1. The first-order valence-corrected chi connectivity index (χ1v) is 3.50.